The molecule has 0 amide bonds. The van der Waals surface area contributed by atoms with Crippen molar-refractivity contribution in [2.24, 2.45) is 5.11 Å². The summed E-state index contributed by atoms with van der Waals surface area (Å²) in [4.78, 5) is 65.0. The Kier molecular flexibility index (Phi) is 7.26. The zero-order valence-electron chi connectivity index (χ0n) is 14.7. The molecular weight excluding hydrogens is 477 g/mol. The zero-order chi connectivity index (χ0) is 22.9. The van der Waals surface area contributed by atoms with E-state index in [-0.39, 0.29) is 12.0 Å². The summed E-state index contributed by atoms with van der Waals surface area (Å²) in [7, 11) is -16.4. The van der Waals surface area contributed by atoms with E-state index in [1.807, 2.05) is 4.98 Å². The Balaban J connectivity index is 2.24. The first-order chi connectivity index (χ1) is 13.6. The molecule has 2 rings (SSSR count). The van der Waals surface area contributed by atoms with E-state index in [1.165, 1.54) is 6.92 Å². The minimum absolute atomic E-state index is 0.119. The minimum Gasteiger partial charge on any atom is -0.328 e. The lowest BCUT2D eigenvalue weighted by Crippen LogP contribution is -2.33. The molecule has 21 heteroatoms. The van der Waals surface area contributed by atoms with E-state index in [0.29, 0.717) is 0 Å². The zero-order valence-corrected chi connectivity index (χ0v) is 17.4. The number of phosphoric acid groups is 1. The van der Waals surface area contributed by atoms with E-state index in [2.05, 4.69) is 18.9 Å². The van der Waals surface area contributed by atoms with Gasteiger partial charge in [0.1, 0.15) is 6.23 Å². The Morgan fingerprint density at radius 1 is 1.30 bits per heavy atom. The number of hydrogen-bond acceptors (Lipinski definition) is 9. The quantitative estimate of drug-likeness (QED) is 0.118. The molecule has 0 aromatic carbocycles. The molecule has 18 nitrogen and oxygen atoms in total. The summed E-state index contributed by atoms with van der Waals surface area (Å²) >= 11 is 0. The summed E-state index contributed by atoms with van der Waals surface area (Å²) < 4.78 is 48.5. The van der Waals surface area contributed by atoms with Crippen molar-refractivity contribution in [3.8, 4) is 0 Å². The van der Waals surface area contributed by atoms with Crippen LogP contribution in [0, 0.1) is 6.92 Å². The summed E-state index contributed by atoms with van der Waals surface area (Å²) in [6.07, 6.45) is -2.23. The molecule has 3 unspecified atom stereocenters. The van der Waals surface area contributed by atoms with Crippen LogP contribution < -0.4 is 16.1 Å². The van der Waals surface area contributed by atoms with Gasteiger partial charge in [0.15, 0.2) is 6.29 Å². The number of aromatic nitrogens is 2. The summed E-state index contributed by atoms with van der Waals surface area (Å²) in [6, 6.07) is -1.32. The van der Waals surface area contributed by atoms with Crippen molar-refractivity contribution in [3.05, 3.63) is 43.0 Å². The second-order valence-corrected chi connectivity index (χ2v) is 10.5. The van der Waals surface area contributed by atoms with E-state index in [9.17, 15) is 33.1 Å². The van der Waals surface area contributed by atoms with Gasteiger partial charge in [0.25, 0.3) is 5.56 Å². The number of aromatic amines is 1. The molecule has 1 fully saturated rings. The number of hydrogen-bond donors (Lipinski definition) is 6. The first-order valence-electron chi connectivity index (χ1n) is 7.54. The Morgan fingerprint density at radius 3 is 2.50 bits per heavy atom. The molecule has 1 aromatic heterocycles. The highest BCUT2D eigenvalue weighted by molar-refractivity contribution is 7.70. The van der Waals surface area contributed by atoms with Gasteiger partial charge in [-0.1, -0.05) is 5.11 Å². The first-order valence-corrected chi connectivity index (χ1v) is 12.2. The van der Waals surface area contributed by atoms with Crippen LogP contribution in [0.5, 0.6) is 0 Å². The Hall–Kier alpha value is -1.64. The number of nitrogens with zero attached hydrogens (tertiary/aromatic N) is 4. The molecule has 30 heavy (non-hydrogen) atoms. The molecule has 0 bridgehead atoms. The van der Waals surface area contributed by atoms with Crippen LogP contribution in [0.4, 0.5) is 0 Å². The summed E-state index contributed by atoms with van der Waals surface area (Å²) in [5, 5.41) is 3.29. The van der Waals surface area contributed by atoms with Crippen LogP contribution in [-0.4, -0.2) is 41.5 Å². The molecule has 0 saturated carbocycles. The molecule has 2 heterocycles. The predicted molar refractivity (Wildman–Crippen MR) is 94.5 cm³/mol. The molecule has 0 radical (unpaired) electrons. The van der Waals surface area contributed by atoms with Gasteiger partial charge in [-0.3, -0.25) is 18.9 Å². The standard InChI is InChI=1S/C9H15N6O12P3/c1-4-3-15(9(17)11-7(4)16)6-2-5(12-13-10)8(25-6)26-28(18,19)14-29(20,21)27-30(22,23)24/h3,5-6,8H,2H2,1H3,(H,11,16,17)(H2,22,23,24)(H3,14,18,19,20,21)/t5?,6-,8-/m1/s1. The Bertz CT molecular complexity index is 1120. The second-order valence-electron chi connectivity index (χ2n) is 5.76. The smallest absolute Gasteiger partial charge is 0.328 e. The van der Waals surface area contributed by atoms with E-state index < -0.39 is 53.1 Å². The fourth-order valence-corrected chi connectivity index (χ4v) is 5.91. The maximum atomic E-state index is 12.1. The second kappa shape index (κ2) is 8.85. The average molecular weight is 492 g/mol. The molecule has 1 aliphatic rings. The lowest BCUT2D eigenvalue weighted by molar-refractivity contribution is -0.106. The SMILES string of the molecule is Cc1cn([C@H]2CC(N=[N+]=[N-])[C@@H](OP(=O)(O)NP(=O)(O)OP(=O)(O)O)O2)c(=O)[nH]c1=O. The number of nitrogens with one attached hydrogen (secondary N) is 2. The van der Waals surface area contributed by atoms with Crippen molar-refractivity contribution in [3.63, 3.8) is 0 Å². The highest BCUT2D eigenvalue weighted by Gasteiger charge is 2.44. The van der Waals surface area contributed by atoms with Gasteiger partial charge in [0.05, 0.1) is 6.04 Å². The van der Waals surface area contributed by atoms with Crippen molar-refractivity contribution in [1.82, 2.24) is 14.4 Å². The van der Waals surface area contributed by atoms with E-state index in [4.69, 9.17) is 20.1 Å². The van der Waals surface area contributed by atoms with Gasteiger partial charge < -0.3 is 24.3 Å². The molecule has 6 N–H and O–H groups in total. The highest BCUT2D eigenvalue weighted by atomic mass is 31.3. The summed E-state index contributed by atoms with van der Waals surface area (Å²) in [5.41, 5.74) is 7.19. The topological polar surface area (TPSA) is 275 Å². The maximum Gasteiger partial charge on any atom is 0.477 e. The summed E-state index contributed by atoms with van der Waals surface area (Å²) in [6.45, 7) is 1.38. The minimum atomic E-state index is -5.53. The van der Waals surface area contributed by atoms with Gasteiger partial charge in [0.2, 0.25) is 0 Å². The van der Waals surface area contributed by atoms with Crippen molar-refractivity contribution in [1.29, 1.82) is 0 Å². The van der Waals surface area contributed by atoms with Gasteiger partial charge in [-0.15, -0.1) is 4.86 Å². The van der Waals surface area contributed by atoms with Crippen molar-refractivity contribution < 1.29 is 46.8 Å². The molecule has 0 aliphatic carbocycles. The van der Waals surface area contributed by atoms with Gasteiger partial charge in [-0.2, -0.15) is 4.31 Å². The highest BCUT2D eigenvalue weighted by Crippen LogP contribution is 2.60. The van der Waals surface area contributed by atoms with E-state index >= 15 is 0 Å². The molecule has 168 valence electrons. The monoisotopic (exact) mass is 492 g/mol. The van der Waals surface area contributed by atoms with Crippen molar-refractivity contribution in [2.45, 2.75) is 31.9 Å². The number of rotatable bonds is 8. The molecule has 1 saturated heterocycles. The van der Waals surface area contributed by atoms with Gasteiger partial charge in [-0.05, 0) is 12.5 Å². The molecule has 5 atom stereocenters. The van der Waals surface area contributed by atoms with Crippen molar-refractivity contribution in [2.75, 3.05) is 0 Å². The van der Waals surface area contributed by atoms with Crippen LogP contribution in [0.1, 0.15) is 18.2 Å². The van der Waals surface area contributed by atoms with Gasteiger partial charge in [0, 0.05) is 23.1 Å². The average Bonchev–Trinajstić information content (AvgIpc) is 2.89. The van der Waals surface area contributed by atoms with Crippen LogP contribution in [0.15, 0.2) is 20.9 Å². The molecular formula is C9H15N6O12P3. The largest absolute Gasteiger partial charge is 0.477 e. The van der Waals surface area contributed by atoms with E-state index in [1.54, 1.807) is 0 Å². The van der Waals surface area contributed by atoms with Crippen LogP contribution in [-0.2, 0) is 27.3 Å². The lowest BCUT2D eigenvalue weighted by Gasteiger charge is -2.22. The third kappa shape index (κ3) is 6.68. The third-order valence-electron chi connectivity index (χ3n) is 3.42. The number of ether oxygens (including phenoxy) is 1. The normalized spacial score (nSPS) is 25.8. The Morgan fingerprint density at radius 2 is 1.93 bits per heavy atom. The number of aryl methyl sites for hydroxylation is 1. The van der Waals surface area contributed by atoms with Crippen LogP contribution in [0.25, 0.3) is 10.4 Å². The fraction of sp³-hybridized carbons (Fsp3) is 0.556. The van der Waals surface area contributed by atoms with Crippen LogP contribution >= 0.6 is 23.3 Å². The maximum absolute atomic E-state index is 12.1. The van der Waals surface area contributed by atoms with Gasteiger partial charge >= 0.3 is 29.0 Å². The van der Waals surface area contributed by atoms with Crippen molar-refractivity contribution >= 4 is 23.3 Å². The predicted octanol–water partition coefficient (Wildman–Crippen LogP) is -0.315. The van der Waals surface area contributed by atoms with Crippen LogP contribution in [0.2, 0.25) is 0 Å². The molecule has 1 aromatic rings. The number of azide groups is 1. The van der Waals surface area contributed by atoms with Gasteiger partial charge in [-0.25, -0.2) is 18.5 Å². The number of H-pyrrole nitrogens is 1. The fourth-order valence-electron chi connectivity index (χ4n) is 2.35. The third-order valence-corrected chi connectivity index (χ3v) is 7.67. The van der Waals surface area contributed by atoms with E-state index in [0.717, 1.165) is 15.6 Å². The summed E-state index contributed by atoms with van der Waals surface area (Å²) in [5.74, 6) is 0. The molecule has 1 aliphatic heterocycles. The molecule has 0 spiro atoms. The Labute approximate surface area is 165 Å². The lowest BCUT2D eigenvalue weighted by atomic mass is 10.2. The first kappa shape index (κ1) is 24.6. The van der Waals surface area contributed by atoms with Crippen LogP contribution in [0.3, 0.4) is 0 Å².